The number of hydrogen-bond acceptors (Lipinski definition) is 4. The number of ether oxygens (including phenoxy) is 1. The van der Waals surface area contributed by atoms with Crippen molar-refractivity contribution in [1.82, 2.24) is 4.98 Å². The van der Waals surface area contributed by atoms with Gasteiger partial charge < -0.3 is 14.6 Å². The molecular weight excluding hydrogens is 493 g/mol. The lowest BCUT2D eigenvalue weighted by Crippen LogP contribution is -2.27. The second kappa shape index (κ2) is 9.65. The Balaban J connectivity index is 1.75. The standard InChI is InChI=1S/C25H17ClF5NO3/c26-15-5-7-22(35-12-13-4-6-16(27)10-21(13)28)19(9-15)18-3-1-2-17(18)14-8-20(24(33)34)23(32-11-14)25(29,30)31/h4-11H,1-3,12H2,(H,33,34)/p-1. The molecule has 0 atom stereocenters. The van der Waals surface area contributed by atoms with Crippen molar-refractivity contribution in [2.24, 2.45) is 0 Å². The van der Waals surface area contributed by atoms with Gasteiger partial charge in [-0.1, -0.05) is 11.6 Å². The van der Waals surface area contributed by atoms with Crippen LogP contribution in [0.4, 0.5) is 22.0 Å². The average molecular weight is 509 g/mol. The highest BCUT2D eigenvalue weighted by atomic mass is 35.5. The molecule has 1 aliphatic carbocycles. The quantitative estimate of drug-likeness (QED) is 0.379. The van der Waals surface area contributed by atoms with Crippen molar-refractivity contribution in [3.63, 3.8) is 0 Å². The minimum atomic E-state index is -4.95. The van der Waals surface area contributed by atoms with E-state index in [2.05, 4.69) is 4.98 Å². The van der Waals surface area contributed by atoms with Crippen LogP contribution in [0.15, 0.2) is 48.7 Å². The summed E-state index contributed by atoms with van der Waals surface area (Å²) in [6, 6.07) is 8.75. The van der Waals surface area contributed by atoms with E-state index in [1.807, 2.05) is 0 Å². The van der Waals surface area contributed by atoms with Crippen molar-refractivity contribution in [3.05, 3.63) is 93.3 Å². The summed E-state index contributed by atoms with van der Waals surface area (Å²) in [7, 11) is 0. The number of carbonyl (C=O) groups is 1. The normalized spacial score (nSPS) is 13.9. The molecule has 35 heavy (non-hydrogen) atoms. The van der Waals surface area contributed by atoms with Gasteiger partial charge in [-0.3, -0.25) is 4.98 Å². The maximum absolute atomic E-state index is 14.0. The number of carboxylic acid groups (broad SMARTS) is 1. The fraction of sp³-hybridized carbons (Fsp3) is 0.200. The van der Waals surface area contributed by atoms with Crippen LogP contribution in [0.25, 0.3) is 11.1 Å². The molecule has 0 radical (unpaired) electrons. The Morgan fingerprint density at radius 1 is 1.06 bits per heavy atom. The van der Waals surface area contributed by atoms with Gasteiger partial charge in [0.1, 0.15) is 24.0 Å². The van der Waals surface area contributed by atoms with E-state index in [1.54, 1.807) is 18.2 Å². The number of aromatic nitrogens is 1. The first-order valence-corrected chi connectivity index (χ1v) is 10.8. The van der Waals surface area contributed by atoms with Crippen LogP contribution >= 0.6 is 11.6 Å². The Labute approximate surface area is 201 Å². The third kappa shape index (κ3) is 5.30. The van der Waals surface area contributed by atoms with Crippen LogP contribution in [0.2, 0.25) is 5.02 Å². The lowest BCUT2D eigenvalue weighted by atomic mass is 9.96. The highest BCUT2D eigenvalue weighted by molar-refractivity contribution is 6.30. The minimum absolute atomic E-state index is 0.124. The van der Waals surface area contributed by atoms with Crippen molar-refractivity contribution in [2.45, 2.75) is 32.0 Å². The zero-order chi connectivity index (χ0) is 25.3. The van der Waals surface area contributed by atoms with Crippen molar-refractivity contribution in [3.8, 4) is 5.75 Å². The van der Waals surface area contributed by atoms with Gasteiger partial charge in [-0.25, -0.2) is 8.78 Å². The van der Waals surface area contributed by atoms with Gasteiger partial charge >= 0.3 is 6.18 Å². The van der Waals surface area contributed by atoms with Gasteiger partial charge in [-0.15, -0.1) is 0 Å². The van der Waals surface area contributed by atoms with Crippen molar-refractivity contribution < 1.29 is 36.6 Å². The summed E-state index contributed by atoms with van der Waals surface area (Å²) in [5, 5.41) is 11.8. The lowest BCUT2D eigenvalue weighted by molar-refractivity contribution is -0.255. The molecule has 182 valence electrons. The van der Waals surface area contributed by atoms with Gasteiger partial charge in [-0.2, -0.15) is 13.2 Å². The summed E-state index contributed by atoms with van der Waals surface area (Å²) in [5.41, 5.74) is -0.444. The van der Waals surface area contributed by atoms with Crippen LogP contribution in [0.5, 0.6) is 5.75 Å². The molecule has 0 spiro atoms. The summed E-state index contributed by atoms with van der Waals surface area (Å²) >= 11 is 6.18. The van der Waals surface area contributed by atoms with Gasteiger partial charge in [0.25, 0.3) is 0 Å². The largest absolute Gasteiger partial charge is 0.545 e. The Hall–Kier alpha value is -3.46. The molecule has 0 bridgehead atoms. The van der Waals surface area contributed by atoms with Crippen LogP contribution in [0, 0.1) is 11.6 Å². The predicted molar refractivity (Wildman–Crippen MR) is 116 cm³/mol. The minimum Gasteiger partial charge on any atom is -0.545 e. The van der Waals surface area contributed by atoms with Crippen LogP contribution in [0.1, 0.15) is 52.0 Å². The Kier molecular flexibility index (Phi) is 6.80. The molecule has 0 aliphatic heterocycles. The molecule has 0 unspecified atom stereocenters. The molecule has 2 aromatic carbocycles. The molecule has 0 saturated heterocycles. The second-order valence-electron chi connectivity index (χ2n) is 7.88. The van der Waals surface area contributed by atoms with E-state index < -0.39 is 35.0 Å². The third-order valence-electron chi connectivity index (χ3n) is 5.61. The van der Waals surface area contributed by atoms with E-state index in [0.29, 0.717) is 46.7 Å². The monoisotopic (exact) mass is 508 g/mol. The van der Waals surface area contributed by atoms with E-state index in [1.165, 1.54) is 6.07 Å². The summed E-state index contributed by atoms with van der Waals surface area (Å²) < 4.78 is 72.6. The number of benzene rings is 2. The number of allylic oxidation sites excluding steroid dienone is 2. The maximum Gasteiger partial charge on any atom is 0.433 e. The SMILES string of the molecule is O=C([O-])c1cc(C2=C(c3cc(Cl)ccc3OCc3ccc(F)cc3F)CCC2)cnc1C(F)(F)F. The maximum atomic E-state index is 14.0. The van der Waals surface area contributed by atoms with Gasteiger partial charge in [0, 0.05) is 34.0 Å². The van der Waals surface area contributed by atoms with Crippen LogP contribution in [0.3, 0.4) is 0 Å². The van der Waals surface area contributed by atoms with Crippen molar-refractivity contribution in [1.29, 1.82) is 0 Å². The molecule has 10 heteroatoms. The molecule has 0 fully saturated rings. The highest BCUT2D eigenvalue weighted by Gasteiger charge is 2.36. The van der Waals surface area contributed by atoms with Gasteiger partial charge in [0.05, 0.1) is 5.97 Å². The number of nitrogens with zero attached hydrogens (tertiary/aromatic N) is 1. The fourth-order valence-electron chi connectivity index (χ4n) is 4.03. The number of halogens is 6. The van der Waals surface area contributed by atoms with E-state index in [0.717, 1.165) is 24.4 Å². The summed E-state index contributed by atoms with van der Waals surface area (Å²) in [4.78, 5) is 14.8. The molecule has 0 saturated carbocycles. The van der Waals surface area contributed by atoms with Gasteiger partial charge in [0.15, 0.2) is 5.69 Å². The summed E-state index contributed by atoms with van der Waals surface area (Å²) in [6.45, 7) is -0.208. The van der Waals surface area contributed by atoms with Gasteiger partial charge in [-0.05, 0) is 72.4 Å². The molecule has 0 N–H and O–H groups in total. The smallest absolute Gasteiger partial charge is 0.433 e. The molecule has 1 aromatic heterocycles. The molecule has 4 rings (SSSR count). The molecule has 1 heterocycles. The van der Waals surface area contributed by atoms with E-state index in [-0.39, 0.29) is 17.7 Å². The van der Waals surface area contributed by atoms with Crippen LogP contribution in [-0.2, 0) is 12.8 Å². The Morgan fingerprint density at radius 3 is 2.49 bits per heavy atom. The second-order valence-corrected chi connectivity index (χ2v) is 8.32. The topological polar surface area (TPSA) is 62.2 Å². The molecular formula is C25H16ClF5NO3-. The first kappa shape index (κ1) is 24.7. The number of rotatable bonds is 6. The summed E-state index contributed by atoms with van der Waals surface area (Å²) in [5.74, 6) is -3.15. The number of carbonyl (C=O) groups excluding carboxylic acids is 1. The van der Waals surface area contributed by atoms with Crippen LogP contribution < -0.4 is 9.84 Å². The van der Waals surface area contributed by atoms with Crippen molar-refractivity contribution in [2.75, 3.05) is 0 Å². The zero-order valence-corrected chi connectivity index (χ0v) is 18.6. The highest BCUT2D eigenvalue weighted by Crippen LogP contribution is 2.44. The number of alkyl halides is 3. The van der Waals surface area contributed by atoms with E-state index in [9.17, 15) is 31.9 Å². The van der Waals surface area contributed by atoms with Crippen LogP contribution in [-0.4, -0.2) is 11.0 Å². The number of hydrogen-bond donors (Lipinski definition) is 0. The third-order valence-corrected chi connectivity index (χ3v) is 5.84. The number of aromatic carboxylic acids is 1. The van der Waals surface area contributed by atoms with E-state index >= 15 is 0 Å². The molecule has 4 nitrogen and oxygen atoms in total. The number of pyridine rings is 1. The fourth-order valence-corrected chi connectivity index (χ4v) is 4.20. The van der Waals surface area contributed by atoms with E-state index in [4.69, 9.17) is 16.3 Å². The first-order chi connectivity index (χ1) is 16.5. The summed E-state index contributed by atoms with van der Waals surface area (Å²) in [6.07, 6.45) is -2.36. The number of carboxylic acids is 1. The Bertz CT molecular complexity index is 1340. The molecule has 1 aliphatic rings. The average Bonchev–Trinajstić information content (AvgIpc) is 3.28. The first-order valence-electron chi connectivity index (χ1n) is 10.4. The lowest BCUT2D eigenvalue weighted by Gasteiger charge is -2.17. The molecule has 0 amide bonds. The van der Waals surface area contributed by atoms with Crippen molar-refractivity contribution >= 4 is 28.7 Å². The Morgan fingerprint density at radius 2 is 1.80 bits per heavy atom. The predicted octanol–water partition coefficient (Wildman–Crippen LogP) is 6.07. The zero-order valence-electron chi connectivity index (χ0n) is 17.9. The molecule has 3 aromatic rings. The van der Waals surface area contributed by atoms with Gasteiger partial charge in [0.2, 0.25) is 0 Å².